The number of rotatable bonds is 6. The Morgan fingerprint density at radius 1 is 1.10 bits per heavy atom. The maximum Gasteiger partial charge on any atom is 0.316 e. The van der Waals surface area contributed by atoms with Crippen LogP contribution in [0.15, 0.2) is 55.0 Å². The van der Waals surface area contributed by atoms with Gasteiger partial charge in [-0.1, -0.05) is 24.3 Å². The Labute approximate surface area is 179 Å². The van der Waals surface area contributed by atoms with Gasteiger partial charge < -0.3 is 14.7 Å². The molecule has 3 heterocycles. The molecule has 31 heavy (non-hydrogen) atoms. The fourth-order valence-corrected chi connectivity index (χ4v) is 3.60. The summed E-state index contributed by atoms with van der Waals surface area (Å²) in [5.74, 6) is -0.222. The van der Waals surface area contributed by atoms with Gasteiger partial charge in [-0.15, -0.1) is 0 Å². The lowest BCUT2D eigenvalue weighted by Crippen LogP contribution is -2.40. The van der Waals surface area contributed by atoms with Crippen molar-refractivity contribution in [1.82, 2.24) is 19.9 Å². The summed E-state index contributed by atoms with van der Waals surface area (Å²) < 4.78 is 20.1. The molecule has 1 saturated heterocycles. The number of pyridine rings is 1. The molecule has 1 N–H and O–H groups in total. The summed E-state index contributed by atoms with van der Waals surface area (Å²) in [6.07, 6.45) is 6.30. The number of hydrogen-bond donors (Lipinski definition) is 1. The number of hydrogen-bond acceptors (Lipinski definition) is 6. The number of nitrogens with zero attached hydrogens (tertiary/aromatic N) is 4. The van der Waals surface area contributed by atoms with E-state index >= 15 is 0 Å². The van der Waals surface area contributed by atoms with Gasteiger partial charge in [0.1, 0.15) is 11.5 Å². The summed E-state index contributed by atoms with van der Waals surface area (Å²) in [5.41, 5.74) is 1.54. The zero-order chi connectivity index (χ0) is 21.6. The van der Waals surface area contributed by atoms with Crippen LogP contribution in [0.1, 0.15) is 28.9 Å². The van der Waals surface area contributed by atoms with Gasteiger partial charge in [-0.05, 0) is 30.9 Å². The Kier molecular flexibility index (Phi) is 6.47. The van der Waals surface area contributed by atoms with Crippen LogP contribution in [0.2, 0.25) is 0 Å². The highest BCUT2D eigenvalue weighted by Crippen LogP contribution is 2.25. The van der Waals surface area contributed by atoms with Crippen molar-refractivity contribution in [2.75, 3.05) is 19.7 Å². The molecule has 0 atom stereocenters. The molecule has 0 aliphatic carbocycles. The number of halogens is 1. The first-order valence-electron chi connectivity index (χ1n) is 10.2. The van der Waals surface area contributed by atoms with Crippen molar-refractivity contribution in [3.63, 3.8) is 0 Å². The third-order valence-corrected chi connectivity index (χ3v) is 5.42. The molecule has 1 aliphatic heterocycles. The van der Waals surface area contributed by atoms with E-state index in [9.17, 15) is 14.3 Å². The van der Waals surface area contributed by atoms with Crippen molar-refractivity contribution < 1.29 is 19.0 Å². The van der Waals surface area contributed by atoms with E-state index in [0.29, 0.717) is 42.4 Å². The smallest absolute Gasteiger partial charge is 0.316 e. The fraction of sp³-hybridized carbons (Fsp3) is 0.304. The molecule has 160 valence electrons. The lowest BCUT2D eigenvalue weighted by Gasteiger charge is -2.31. The Bertz CT molecular complexity index is 1020. The molecule has 8 heteroatoms. The van der Waals surface area contributed by atoms with Crippen molar-refractivity contribution in [3.8, 4) is 17.1 Å². The summed E-state index contributed by atoms with van der Waals surface area (Å²) in [6.45, 7) is 1.40. The molecule has 0 unspecified atom stereocenters. The predicted molar refractivity (Wildman–Crippen MR) is 112 cm³/mol. The molecular weight excluding hydrogens is 399 g/mol. The monoisotopic (exact) mass is 422 g/mol. The number of carbonyl (C=O) groups is 1. The number of ether oxygens (including phenoxy) is 1. The van der Waals surface area contributed by atoms with Crippen LogP contribution in [0.5, 0.6) is 6.01 Å². The zero-order valence-corrected chi connectivity index (χ0v) is 16.9. The van der Waals surface area contributed by atoms with E-state index < -0.39 is 5.82 Å². The SMILES string of the molecule is O=C(c1ccccn1)N1CCC(COc2ncc(-c3cccc(CO)c3F)cn2)CC1. The van der Waals surface area contributed by atoms with Crippen LogP contribution in [0.25, 0.3) is 11.1 Å². The molecule has 7 nitrogen and oxygen atoms in total. The van der Waals surface area contributed by atoms with Crippen molar-refractivity contribution in [3.05, 3.63) is 72.1 Å². The van der Waals surface area contributed by atoms with E-state index in [1.165, 1.54) is 18.5 Å². The summed E-state index contributed by atoms with van der Waals surface area (Å²) in [6, 6.07) is 10.4. The number of amides is 1. The average Bonchev–Trinajstić information content (AvgIpc) is 2.84. The van der Waals surface area contributed by atoms with Crippen LogP contribution in [-0.4, -0.2) is 50.6 Å². The molecule has 2 aromatic heterocycles. The van der Waals surface area contributed by atoms with Gasteiger partial charge in [-0.3, -0.25) is 9.78 Å². The standard InChI is InChI=1S/C23H23FN4O3/c24-21-17(14-29)4-3-5-19(21)18-12-26-23(27-13-18)31-15-16-7-10-28(11-8-16)22(30)20-6-1-2-9-25-20/h1-6,9,12-13,16,29H,7-8,10-11,14-15H2. The molecule has 1 fully saturated rings. The minimum atomic E-state index is -0.478. The van der Waals surface area contributed by atoms with Gasteiger partial charge in [0, 0.05) is 48.4 Å². The number of aliphatic hydroxyl groups excluding tert-OH is 1. The Hall–Kier alpha value is -3.39. The van der Waals surface area contributed by atoms with Crippen LogP contribution < -0.4 is 4.74 Å². The largest absolute Gasteiger partial charge is 0.463 e. The normalized spacial score (nSPS) is 14.5. The lowest BCUT2D eigenvalue weighted by molar-refractivity contribution is 0.0651. The number of aromatic nitrogens is 3. The summed E-state index contributed by atoms with van der Waals surface area (Å²) in [4.78, 5) is 26.8. The highest BCUT2D eigenvalue weighted by atomic mass is 19.1. The van der Waals surface area contributed by atoms with Crippen LogP contribution in [0, 0.1) is 11.7 Å². The minimum absolute atomic E-state index is 0.0450. The van der Waals surface area contributed by atoms with Gasteiger partial charge in [-0.2, -0.15) is 0 Å². The molecule has 0 radical (unpaired) electrons. The minimum Gasteiger partial charge on any atom is -0.463 e. The van der Waals surface area contributed by atoms with E-state index in [1.54, 1.807) is 30.5 Å². The number of piperidine rings is 1. The van der Waals surface area contributed by atoms with Gasteiger partial charge in [0.2, 0.25) is 0 Å². The van der Waals surface area contributed by atoms with Crippen LogP contribution in [-0.2, 0) is 6.61 Å². The average molecular weight is 422 g/mol. The number of aliphatic hydroxyl groups is 1. The second-order valence-electron chi connectivity index (χ2n) is 7.45. The maximum absolute atomic E-state index is 14.4. The van der Waals surface area contributed by atoms with Gasteiger partial charge >= 0.3 is 6.01 Å². The maximum atomic E-state index is 14.4. The first kappa shape index (κ1) is 20.9. The molecule has 1 aliphatic rings. The van der Waals surface area contributed by atoms with Crippen LogP contribution in [0.4, 0.5) is 4.39 Å². The van der Waals surface area contributed by atoms with Gasteiger partial charge in [-0.25, -0.2) is 14.4 Å². The van der Waals surface area contributed by atoms with Crippen LogP contribution in [0.3, 0.4) is 0 Å². The van der Waals surface area contributed by atoms with Crippen molar-refractivity contribution in [2.45, 2.75) is 19.4 Å². The molecule has 1 aromatic carbocycles. The van der Waals surface area contributed by atoms with Gasteiger partial charge in [0.25, 0.3) is 5.91 Å². The molecule has 1 amide bonds. The molecule has 0 bridgehead atoms. The van der Waals surface area contributed by atoms with E-state index in [-0.39, 0.29) is 24.1 Å². The molecular formula is C23H23FN4O3. The third-order valence-electron chi connectivity index (χ3n) is 5.42. The lowest BCUT2D eigenvalue weighted by atomic mass is 9.97. The molecule has 4 rings (SSSR count). The van der Waals surface area contributed by atoms with Crippen molar-refractivity contribution in [1.29, 1.82) is 0 Å². The Morgan fingerprint density at radius 2 is 1.87 bits per heavy atom. The predicted octanol–water partition coefficient (Wildman–Crippen LogP) is 3.10. The first-order valence-corrected chi connectivity index (χ1v) is 10.2. The topological polar surface area (TPSA) is 88.4 Å². The second-order valence-corrected chi connectivity index (χ2v) is 7.45. The summed E-state index contributed by atoms with van der Waals surface area (Å²) >= 11 is 0. The number of likely N-dealkylation sites (tertiary alicyclic amines) is 1. The van der Waals surface area contributed by atoms with Crippen molar-refractivity contribution >= 4 is 5.91 Å². The first-order chi connectivity index (χ1) is 15.2. The van der Waals surface area contributed by atoms with Crippen LogP contribution >= 0.6 is 0 Å². The second kappa shape index (κ2) is 9.61. The summed E-state index contributed by atoms with van der Waals surface area (Å²) in [7, 11) is 0. The van der Waals surface area contributed by atoms with Crippen molar-refractivity contribution in [2.24, 2.45) is 5.92 Å². The van der Waals surface area contributed by atoms with E-state index in [4.69, 9.17) is 4.74 Å². The summed E-state index contributed by atoms with van der Waals surface area (Å²) in [5, 5.41) is 9.22. The van der Waals surface area contributed by atoms with E-state index in [0.717, 1.165) is 12.8 Å². The Balaban J connectivity index is 1.29. The Morgan fingerprint density at radius 3 is 2.55 bits per heavy atom. The highest BCUT2D eigenvalue weighted by molar-refractivity contribution is 5.92. The van der Waals surface area contributed by atoms with E-state index in [1.807, 2.05) is 11.0 Å². The molecule has 0 spiro atoms. The fourth-order valence-electron chi connectivity index (χ4n) is 3.60. The zero-order valence-electron chi connectivity index (χ0n) is 16.9. The van der Waals surface area contributed by atoms with Gasteiger partial charge in [0.05, 0.1) is 13.2 Å². The van der Waals surface area contributed by atoms with E-state index in [2.05, 4.69) is 15.0 Å². The third kappa shape index (κ3) is 4.86. The number of carbonyl (C=O) groups excluding carboxylic acids is 1. The number of benzene rings is 1. The quantitative estimate of drug-likeness (QED) is 0.657. The molecule has 0 saturated carbocycles. The molecule has 3 aromatic rings. The highest BCUT2D eigenvalue weighted by Gasteiger charge is 2.24. The van der Waals surface area contributed by atoms with Gasteiger partial charge in [0.15, 0.2) is 0 Å².